The van der Waals surface area contributed by atoms with Crippen LogP contribution in [0.3, 0.4) is 0 Å². The molecule has 24 heavy (non-hydrogen) atoms. The van der Waals surface area contributed by atoms with Crippen LogP contribution in [-0.2, 0) is 6.42 Å². The summed E-state index contributed by atoms with van der Waals surface area (Å²) in [6.45, 7) is 8.18. The lowest BCUT2D eigenvalue weighted by molar-refractivity contribution is 0.0922. The van der Waals surface area contributed by atoms with Crippen LogP contribution in [0.25, 0.3) is 11.0 Å². The maximum absolute atomic E-state index is 12.6. The Morgan fingerprint density at radius 2 is 2.12 bits per heavy atom. The van der Waals surface area contributed by atoms with E-state index in [2.05, 4.69) is 45.4 Å². The fourth-order valence-electron chi connectivity index (χ4n) is 2.84. The van der Waals surface area contributed by atoms with E-state index in [0.29, 0.717) is 5.56 Å². The Kier molecular flexibility index (Phi) is 4.38. The number of nitrogens with zero attached hydrogens (tertiary/aromatic N) is 2. The Labute approximate surface area is 141 Å². The minimum absolute atomic E-state index is 0.129. The van der Waals surface area contributed by atoms with E-state index in [1.165, 1.54) is 5.56 Å². The number of benzene rings is 1. The van der Waals surface area contributed by atoms with Gasteiger partial charge in [-0.15, -0.1) is 0 Å². The Morgan fingerprint density at radius 3 is 2.83 bits per heavy atom. The van der Waals surface area contributed by atoms with Crippen LogP contribution in [0.15, 0.2) is 24.4 Å². The summed E-state index contributed by atoms with van der Waals surface area (Å²) < 4.78 is 0. The third-order valence-corrected chi connectivity index (χ3v) is 4.22. The Morgan fingerprint density at radius 1 is 1.33 bits per heavy atom. The number of aryl methyl sites for hydroxylation is 2. The van der Waals surface area contributed by atoms with E-state index in [9.17, 15) is 4.79 Å². The van der Waals surface area contributed by atoms with Crippen LogP contribution in [0.5, 0.6) is 0 Å². The molecular weight excluding hydrogens is 302 g/mol. The van der Waals surface area contributed by atoms with Gasteiger partial charge >= 0.3 is 0 Å². The van der Waals surface area contributed by atoms with E-state index in [4.69, 9.17) is 0 Å². The lowest BCUT2D eigenvalue weighted by atomic mass is 10.0. The normalized spacial score (nSPS) is 12.7. The van der Waals surface area contributed by atoms with Gasteiger partial charge in [0.1, 0.15) is 5.82 Å². The van der Waals surface area contributed by atoms with E-state index >= 15 is 0 Å². The molecular formula is C18H23N5O. The highest BCUT2D eigenvalue weighted by molar-refractivity contribution is 5.95. The summed E-state index contributed by atoms with van der Waals surface area (Å²) in [5.74, 6) is 0.851. The molecule has 1 aromatic carbocycles. The molecule has 3 aromatic rings. The van der Waals surface area contributed by atoms with Crippen molar-refractivity contribution >= 4 is 16.9 Å². The lowest BCUT2D eigenvalue weighted by Crippen LogP contribution is -2.32. The summed E-state index contributed by atoms with van der Waals surface area (Å²) in [4.78, 5) is 20.6. The van der Waals surface area contributed by atoms with Crippen LogP contribution in [0.2, 0.25) is 0 Å². The Hall–Kier alpha value is -2.63. The van der Waals surface area contributed by atoms with E-state index in [-0.39, 0.29) is 17.9 Å². The number of hydrogen-bond donors (Lipinski definition) is 3. The number of imidazole rings is 1. The van der Waals surface area contributed by atoms with Crippen molar-refractivity contribution in [2.45, 2.75) is 40.2 Å². The van der Waals surface area contributed by atoms with Gasteiger partial charge in [-0.3, -0.25) is 9.89 Å². The lowest BCUT2D eigenvalue weighted by Gasteiger charge is -2.20. The molecule has 0 saturated heterocycles. The van der Waals surface area contributed by atoms with Crippen molar-refractivity contribution in [3.8, 4) is 0 Å². The van der Waals surface area contributed by atoms with Gasteiger partial charge in [-0.05, 0) is 37.0 Å². The summed E-state index contributed by atoms with van der Waals surface area (Å²) >= 11 is 0. The number of hydrogen-bond acceptors (Lipinski definition) is 3. The molecule has 0 spiro atoms. The molecule has 0 aliphatic carbocycles. The topological polar surface area (TPSA) is 86.5 Å². The van der Waals surface area contributed by atoms with Gasteiger partial charge in [-0.1, -0.05) is 26.8 Å². The molecule has 1 amide bonds. The summed E-state index contributed by atoms with van der Waals surface area (Å²) in [6, 6.07) is 5.91. The molecule has 0 aliphatic heterocycles. The molecule has 1 atom stereocenters. The number of amides is 1. The van der Waals surface area contributed by atoms with Gasteiger partial charge in [-0.25, -0.2) is 4.98 Å². The standard InChI is InChI=1S/C18H23N5O/c1-5-13-12(9-19-23-13)18(24)22-16(10(2)3)17-20-14-7-6-11(4)8-15(14)21-17/h6-10,16H,5H2,1-4H3,(H,19,23)(H,20,21)(H,22,24). The zero-order valence-corrected chi connectivity index (χ0v) is 14.5. The molecule has 0 saturated carbocycles. The first kappa shape index (κ1) is 16.2. The molecule has 2 aromatic heterocycles. The first-order valence-corrected chi connectivity index (χ1v) is 8.29. The Balaban J connectivity index is 1.90. The van der Waals surface area contributed by atoms with E-state index in [0.717, 1.165) is 29.0 Å². The maximum Gasteiger partial charge on any atom is 0.255 e. The predicted octanol–water partition coefficient (Wildman–Crippen LogP) is 3.28. The van der Waals surface area contributed by atoms with Crippen LogP contribution in [0, 0.1) is 12.8 Å². The summed E-state index contributed by atoms with van der Waals surface area (Å²) in [5, 5.41) is 9.94. The van der Waals surface area contributed by atoms with Gasteiger partial charge in [0.2, 0.25) is 0 Å². The second-order valence-electron chi connectivity index (χ2n) is 6.45. The average Bonchev–Trinajstić information content (AvgIpc) is 3.17. The minimum Gasteiger partial charge on any atom is -0.342 e. The van der Waals surface area contributed by atoms with Crippen molar-refractivity contribution in [1.29, 1.82) is 0 Å². The van der Waals surface area contributed by atoms with Crippen molar-refractivity contribution < 1.29 is 4.79 Å². The molecule has 6 nitrogen and oxygen atoms in total. The van der Waals surface area contributed by atoms with Crippen LogP contribution in [-0.4, -0.2) is 26.1 Å². The number of fused-ring (bicyclic) bond motifs is 1. The van der Waals surface area contributed by atoms with E-state index in [1.54, 1.807) is 6.20 Å². The van der Waals surface area contributed by atoms with Crippen LogP contribution in [0.4, 0.5) is 0 Å². The third kappa shape index (κ3) is 3.04. The molecule has 3 N–H and O–H groups in total. The zero-order valence-electron chi connectivity index (χ0n) is 14.5. The molecule has 6 heteroatoms. The number of aromatic nitrogens is 4. The summed E-state index contributed by atoms with van der Waals surface area (Å²) in [7, 11) is 0. The molecule has 126 valence electrons. The SMILES string of the molecule is CCc1[nH]ncc1C(=O)NC(c1nc2ccc(C)cc2[nH]1)C(C)C. The van der Waals surface area contributed by atoms with Gasteiger partial charge in [0.25, 0.3) is 5.91 Å². The van der Waals surface area contributed by atoms with Crippen molar-refractivity contribution in [2.24, 2.45) is 5.92 Å². The van der Waals surface area contributed by atoms with Crippen LogP contribution < -0.4 is 5.32 Å². The van der Waals surface area contributed by atoms with Crippen LogP contribution >= 0.6 is 0 Å². The highest BCUT2D eigenvalue weighted by atomic mass is 16.1. The molecule has 1 unspecified atom stereocenters. The molecule has 0 fully saturated rings. The monoisotopic (exact) mass is 325 g/mol. The minimum atomic E-state index is -0.190. The fourth-order valence-corrected chi connectivity index (χ4v) is 2.84. The van der Waals surface area contributed by atoms with Crippen molar-refractivity contribution in [3.05, 3.63) is 47.0 Å². The van der Waals surface area contributed by atoms with Gasteiger partial charge in [0.05, 0.1) is 28.8 Å². The summed E-state index contributed by atoms with van der Waals surface area (Å²) in [6.07, 6.45) is 2.31. The van der Waals surface area contributed by atoms with E-state index < -0.39 is 0 Å². The molecule has 0 radical (unpaired) electrons. The number of rotatable bonds is 5. The van der Waals surface area contributed by atoms with Crippen molar-refractivity contribution in [3.63, 3.8) is 0 Å². The average molecular weight is 325 g/mol. The van der Waals surface area contributed by atoms with Crippen molar-refractivity contribution in [1.82, 2.24) is 25.5 Å². The Bertz CT molecular complexity index is 861. The molecule has 0 bridgehead atoms. The highest BCUT2D eigenvalue weighted by Crippen LogP contribution is 2.23. The summed E-state index contributed by atoms with van der Waals surface area (Å²) in [5.41, 5.74) is 4.51. The number of aromatic amines is 2. The van der Waals surface area contributed by atoms with Gasteiger partial charge in [0.15, 0.2) is 0 Å². The van der Waals surface area contributed by atoms with Crippen LogP contribution in [0.1, 0.15) is 54.3 Å². The first-order valence-electron chi connectivity index (χ1n) is 8.29. The molecule has 2 heterocycles. The zero-order chi connectivity index (χ0) is 17.3. The van der Waals surface area contributed by atoms with Gasteiger partial charge in [0, 0.05) is 5.69 Å². The third-order valence-electron chi connectivity index (χ3n) is 4.22. The second kappa shape index (κ2) is 6.47. The smallest absolute Gasteiger partial charge is 0.255 e. The predicted molar refractivity (Wildman–Crippen MR) is 93.8 cm³/mol. The number of carbonyl (C=O) groups excluding carboxylic acids is 1. The van der Waals surface area contributed by atoms with E-state index in [1.807, 2.05) is 26.0 Å². The number of carbonyl (C=O) groups is 1. The quantitative estimate of drug-likeness (QED) is 0.673. The fraction of sp³-hybridized carbons (Fsp3) is 0.389. The molecule has 0 aliphatic rings. The highest BCUT2D eigenvalue weighted by Gasteiger charge is 2.24. The van der Waals surface area contributed by atoms with Gasteiger partial charge < -0.3 is 10.3 Å². The van der Waals surface area contributed by atoms with Crippen molar-refractivity contribution in [2.75, 3.05) is 0 Å². The largest absolute Gasteiger partial charge is 0.342 e. The van der Waals surface area contributed by atoms with Gasteiger partial charge in [-0.2, -0.15) is 5.10 Å². The maximum atomic E-state index is 12.6. The first-order chi connectivity index (χ1) is 11.5. The molecule has 3 rings (SSSR count). The second-order valence-corrected chi connectivity index (χ2v) is 6.45. The number of nitrogens with one attached hydrogen (secondary N) is 3. The number of H-pyrrole nitrogens is 2.